The molecule has 0 bridgehead atoms. The van der Waals surface area contributed by atoms with E-state index in [1.807, 2.05) is 6.07 Å². The average Bonchev–Trinajstić information content (AvgIpc) is 2.05. The van der Waals surface area contributed by atoms with Crippen molar-refractivity contribution < 1.29 is 5.11 Å². The van der Waals surface area contributed by atoms with E-state index in [4.69, 9.17) is 5.11 Å². The van der Waals surface area contributed by atoms with Crippen LogP contribution in [0.4, 0.5) is 0 Å². The molecule has 2 atom stereocenters. The van der Waals surface area contributed by atoms with Crippen LogP contribution in [0.2, 0.25) is 0 Å². The summed E-state index contributed by atoms with van der Waals surface area (Å²) in [5, 5.41) is 9.02. The second-order valence-corrected chi connectivity index (χ2v) is 3.54. The summed E-state index contributed by atoms with van der Waals surface area (Å²) in [7, 11) is 0. The first-order valence-corrected chi connectivity index (χ1v) is 4.57. The van der Waals surface area contributed by atoms with Gasteiger partial charge in [0.2, 0.25) is 0 Å². The minimum Gasteiger partial charge on any atom is -0.396 e. The molecule has 1 aliphatic carbocycles. The van der Waals surface area contributed by atoms with Crippen molar-refractivity contribution in [2.45, 2.75) is 18.8 Å². The van der Waals surface area contributed by atoms with E-state index in [9.17, 15) is 0 Å². The van der Waals surface area contributed by atoms with Gasteiger partial charge in [-0.2, -0.15) is 0 Å². The van der Waals surface area contributed by atoms with Gasteiger partial charge in [0.05, 0.1) is 0 Å². The smallest absolute Gasteiger partial charge is 0.0465 e. The standard InChI is InChI=1S/C11H14O/c12-8-10-6-7-11(10)9-4-2-1-3-5-9/h1-5,10-12H,6-8H2/t10-,11+/m0/s1. The second kappa shape index (κ2) is 3.28. The van der Waals surface area contributed by atoms with Gasteiger partial charge in [-0.3, -0.25) is 0 Å². The summed E-state index contributed by atoms with van der Waals surface area (Å²) in [6, 6.07) is 10.5. The van der Waals surface area contributed by atoms with Crippen molar-refractivity contribution in [1.82, 2.24) is 0 Å². The molecule has 0 spiro atoms. The summed E-state index contributed by atoms with van der Waals surface area (Å²) < 4.78 is 0. The Bertz CT molecular complexity index is 240. The van der Waals surface area contributed by atoms with Crippen molar-refractivity contribution in [2.75, 3.05) is 6.61 Å². The molecular formula is C11H14O. The average molecular weight is 162 g/mol. The molecule has 1 nitrogen and oxygen atoms in total. The SMILES string of the molecule is OC[C@@H]1CC[C@@H]1c1ccccc1. The minimum atomic E-state index is 0.347. The van der Waals surface area contributed by atoms with Crippen LogP contribution in [0.5, 0.6) is 0 Å². The highest BCUT2D eigenvalue weighted by molar-refractivity contribution is 5.22. The summed E-state index contributed by atoms with van der Waals surface area (Å²) in [5.41, 5.74) is 1.39. The quantitative estimate of drug-likeness (QED) is 0.706. The molecule has 1 heteroatoms. The third-order valence-electron chi connectivity index (χ3n) is 2.88. The Balaban J connectivity index is 2.11. The number of hydrogen-bond acceptors (Lipinski definition) is 1. The van der Waals surface area contributed by atoms with Gasteiger partial charge < -0.3 is 5.11 Å². The second-order valence-electron chi connectivity index (χ2n) is 3.54. The van der Waals surface area contributed by atoms with Gasteiger partial charge in [0.1, 0.15) is 0 Å². The fourth-order valence-electron chi connectivity index (χ4n) is 1.93. The third kappa shape index (κ3) is 1.25. The highest BCUT2D eigenvalue weighted by Gasteiger charge is 2.30. The van der Waals surface area contributed by atoms with Crippen LogP contribution >= 0.6 is 0 Å². The molecule has 2 rings (SSSR count). The van der Waals surface area contributed by atoms with Gasteiger partial charge in [-0.1, -0.05) is 30.3 Å². The van der Waals surface area contributed by atoms with Crippen LogP contribution in [-0.4, -0.2) is 11.7 Å². The van der Waals surface area contributed by atoms with Gasteiger partial charge in [-0.15, -0.1) is 0 Å². The van der Waals surface area contributed by atoms with Gasteiger partial charge in [-0.05, 0) is 30.2 Å². The van der Waals surface area contributed by atoms with E-state index in [1.165, 1.54) is 18.4 Å². The van der Waals surface area contributed by atoms with Gasteiger partial charge in [-0.25, -0.2) is 0 Å². The third-order valence-corrected chi connectivity index (χ3v) is 2.88. The lowest BCUT2D eigenvalue weighted by Crippen LogP contribution is -2.26. The molecular weight excluding hydrogens is 148 g/mol. The largest absolute Gasteiger partial charge is 0.396 e. The summed E-state index contributed by atoms with van der Waals surface area (Å²) >= 11 is 0. The van der Waals surface area contributed by atoms with Crippen LogP contribution in [-0.2, 0) is 0 Å². The van der Waals surface area contributed by atoms with Gasteiger partial charge in [0, 0.05) is 6.61 Å². The Hall–Kier alpha value is -0.820. The van der Waals surface area contributed by atoms with E-state index >= 15 is 0 Å². The molecule has 0 heterocycles. The number of aliphatic hydroxyl groups is 1. The number of benzene rings is 1. The van der Waals surface area contributed by atoms with Crippen molar-refractivity contribution in [3.05, 3.63) is 35.9 Å². The maximum atomic E-state index is 9.02. The Labute approximate surface area is 73.0 Å². The van der Waals surface area contributed by atoms with Crippen molar-refractivity contribution in [3.8, 4) is 0 Å². The Morgan fingerprint density at radius 1 is 1.17 bits per heavy atom. The van der Waals surface area contributed by atoms with Crippen LogP contribution in [0, 0.1) is 5.92 Å². The molecule has 0 aliphatic heterocycles. The van der Waals surface area contributed by atoms with E-state index in [1.54, 1.807) is 0 Å². The van der Waals surface area contributed by atoms with Crippen LogP contribution in [0.15, 0.2) is 30.3 Å². The molecule has 0 aromatic heterocycles. The normalized spacial score (nSPS) is 28.1. The highest BCUT2D eigenvalue weighted by Crippen LogP contribution is 2.41. The maximum absolute atomic E-state index is 9.02. The van der Waals surface area contributed by atoms with E-state index in [0.29, 0.717) is 18.4 Å². The van der Waals surface area contributed by atoms with Gasteiger partial charge in [0.15, 0.2) is 0 Å². The molecule has 64 valence electrons. The lowest BCUT2D eigenvalue weighted by atomic mass is 9.70. The summed E-state index contributed by atoms with van der Waals surface area (Å²) in [5.74, 6) is 1.14. The van der Waals surface area contributed by atoms with Crippen molar-refractivity contribution in [1.29, 1.82) is 0 Å². The zero-order chi connectivity index (χ0) is 8.39. The summed E-state index contributed by atoms with van der Waals surface area (Å²) in [6.07, 6.45) is 2.44. The minimum absolute atomic E-state index is 0.347. The maximum Gasteiger partial charge on any atom is 0.0465 e. The van der Waals surface area contributed by atoms with Gasteiger partial charge in [0.25, 0.3) is 0 Å². The zero-order valence-corrected chi connectivity index (χ0v) is 7.11. The fourth-order valence-corrected chi connectivity index (χ4v) is 1.93. The highest BCUT2D eigenvalue weighted by atomic mass is 16.3. The number of rotatable bonds is 2. The molecule has 1 N–H and O–H groups in total. The van der Waals surface area contributed by atoms with Crippen molar-refractivity contribution in [3.63, 3.8) is 0 Å². The summed E-state index contributed by atoms with van der Waals surface area (Å²) in [4.78, 5) is 0. The number of hydrogen-bond donors (Lipinski definition) is 1. The molecule has 0 saturated heterocycles. The first-order chi connectivity index (χ1) is 5.92. The topological polar surface area (TPSA) is 20.2 Å². The lowest BCUT2D eigenvalue weighted by molar-refractivity contribution is 0.135. The van der Waals surface area contributed by atoms with Crippen LogP contribution in [0.3, 0.4) is 0 Å². The van der Waals surface area contributed by atoms with Gasteiger partial charge >= 0.3 is 0 Å². The molecule has 0 amide bonds. The predicted octanol–water partition coefficient (Wildman–Crippen LogP) is 2.17. The van der Waals surface area contributed by atoms with Crippen LogP contribution in [0.1, 0.15) is 24.3 Å². The molecule has 1 aliphatic rings. The molecule has 0 radical (unpaired) electrons. The number of aliphatic hydroxyl groups excluding tert-OH is 1. The molecule has 12 heavy (non-hydrogen) atoms. The molecule has 1 aromatic rings. The Kier molecular flexibility index (Phi) is 2.13. The molecule has 0 unspecified atom stereocenters. The molecule has 1 saturated carbocycles. The van der Waals surface area contributed by atoms with E-state index < -0.39 is 0 Å². The Morgan fingerprint density at radius 3 is 2.42 bits per heavy atom. The predicted molar refractivity (Wildman–Crippen MR) is 49.0 cm³/mol. The monoisotopic (exact) mass is 162 g/mol. The van der Waals surface area contributed by atoms with Crippen LogP contribution < -0.4 is 0 Å². The van der Waals surface area contributed by atoms with E-state index in [0.717, 1.165) is 0 Å². The first-order valence-electron chi connectivity index (χ1n) is 4.57. The molecule has 1 aromatic carbocycles. The first kappa shape index (κ1) is 7.81. The van der Waals surface area contributed by atoms with Crippen molar-refractivity contribution in [2.24, 2.45) is 5.92 Å². The fraction of sp³-hybridized carbons (Fsp3) is 0.455. The lowest BCUT2D eigenvalue weighted by Gasteiger charge is -2.35. The summed E-state index contributed by atoms with van der Waals surface area (Å²) in [6.45, 7) is 0.347. The van der Waals surface area contributed by atoms with E-state index in [2.05, 4.69) is 24.3 Å². The molecule has 1 fully saturated rings. The Morgan fingerprint density at radius 2 is 1.92 bits per heavy atom. The van der Waals surface area contributed by atoms with Crippen LogP contribution in [0.25, 0.3) is 0 Å². The van der Waals surface area contributed by atoms with Crippen molar-refractivity contribution >= 4 is 0 Å². The van der Waals surface area contributed by atoms with E-state index in [-0.39, 0.29) is 0 Å². The zero-order valence-electron chi connectivity index (χ0n) is 7.11.